The summed E-state index contributed by atoms with van der Waals surface area (Å²) in [7, 11) is -4.08. The maximum absolute atomic E-state index is 14.1. The highest BCUT2D eigenvalue weighted by Gasteiger charge is 2.41. The second kappa shape index (κ2) is 11.2. The molecule has 3 aromatic rings. The molecular weight excluding hydrogens is 500 g/mol. The van der Waals surface area contributed by atoms with Crippen LogP contribution in [0.3, 0.4) is 0 Å². The zero-order valence-corrected chi connectivity index (χ0v) is 22.0. The van der Waals surface area contributed by atoms with Gasteiger partial charge in [-0.3, -0.25) is 0 Å². The van der Waals surface area contributed by atoms with Crippen molar-refractivity contribution in [2.75, 3.05) is 17.5 Å². The lowest BCUT2D eigenvalue weighted by Gasteiger charge is -2.40. The summed E-state index contributed by atoms with van der Waals surface area (Å²) in [5.74, 6) is 0.164. The van der Waals surface area contributed by atoms with Crippen LogP contribution in [0.15, 0.2) is 65.8 Å². The van der Waals surface area contributed by atoms with Gasteiger partial charge in [-0.05, 0) is 56.4 Å². The van der Waals surface area contributed by atoms with E-state index in [0.717, 1.165) is 24.8 Å². The lowest BCUT2D eigenvalue weighted by molar-refractivity contribution is -0.168. The van der Waals surface area contributed by atoms with Gasteiger partial charge in [-0.15, -0.1) is 0 Å². The molecule has 1 aliphatic heterocycles. The zero-order valence-electron chi connectivity index (χ0n) is 20.4. The van der Waals surface area contributed by atoms with Gasteiger partial charge in [0.1, 0.15) is 11.5 Å². The first-order valence-corrected chi connectivity index (χ1v) is 13.7. The number of aromatic nitrogens is 2. The van der Waals surface area contributed by atoms with Crippen molar-refractivity contribution in [3.05, 3.63) is 71.6 Å². The summed E-state index contributed by atoms with van der Waals surface area (Å²) >= 11 is 6.58. The minimum atomic E-state index is -4.08. The summed E-state index contributed by atoms with van der Waals surface area (Å²) in [6, 6.07) is 15.7. The zero-order chi connectivity index (χ0) is 25.8. The van der Waals surface area contributed by atoms with Gasteiger partial charge in [0.05, 0.1) is 22.6 Å². The average Bonchev–Trinajstić information content (AvgIpc) is 2.89. The number of halogens is 1. The third kappa shape index (κ3) is 5.71. The first-order valence-electron chi connectivity index (χ1n) is 11.9. The highest BCUT2D eigenvalue weighted by Crippen LogP contribution is 2.40. The van der Waals surface area contributed by atoms with E-state index in [9.17, 15) is 8.42 Å². The number of nitrogens with two attached hydrogens (primary N) is 1. The SMILES string of the molecule is CC(C)(COC1CCCCO1)N(c1ncnc(Cl)c1-c1ccc(CN)cc1)S(=O)(=O)c1ccccc1. The molecule has 0 spiro atoms. The van der Waals surface area contributed by atoms with E-state index in [-0.39, 0.29) is 28.8 Å². The van der Waals surface area contributed by atoms with Gasteiger partial charge in [0.2, 0.25) is 0 Å². The first kappa shape index (κ1) is 26.5. The molecule has 2 aromatic carbocycles. The largest absolute Gasteiger partial charge is 0.353 e. The van der Waals surface area contributed by atoms with Crippen molar-refractivity contribution in [1.82, 2.24) is 9.97 Å². The Hall–Kier alpha value is -2.56. The van der Waals surface area contributed by atoms with Crippen LogP contribution in [0.25, 0.3) is 11.1 Å². The molecule has 36 heavy (non-hydrogen) atoms. The highest BCUT2D eigenvalue weighted by atomic mass is 35.5. The molecule has 1 aliphatic rings. The van der Waals surface area contributed by atoms with Crippen LogP contribution >= 0.6 is 11.6 Å². The number of rotatable bonds is 9. The van der Waals surface area contributed by atoms with E-state index < -0.39 is 15.6 Å². The monoisotopic (exact) mass is 530 g/mol. The molecule has 4 rings (SSSR count). The summed E-state index contributed by atoms with van der Waals surface area (Å²) in [5, 5.41) is 0.140. The molecule has 1 aromatic heterocycles. The lowest BCUT2D eigenvalue weighted by Crippen LogP contribution is -2.52. The van der Waals surface area contributed by atoms with E-state index in [1.807, 2.05) is 24.3 Å². The number of ether oxygens (including phenoxy) is 2. The topological polar surface area (TPSA) is 108 Å². The third-order valence-corrected chi connectivity index (χ3v) is 8.35. The molecule has 192 valence electrons. The summed E-state index contributed by atoms with van der Waals surface area (Å²) in [5.41, 5.74) is 6.72. The number of hydrogen-bond donors (Lipinski definition) is 1. The predicted molar refractivity (Wildman–Crippen MR) is 140 cm³/mol. The van der Waals surface area contributed by atoms with Crippen molar-refractivity contribution < 1.29 is 17.9 Å². The van der Waals surface area contributed by atoms with Crippen LogP contribution < -0.4 is 10.0 Å². The van der Waals surface area contributed by atoms with Crippen molar-refractivity contribution >= 4 is 27.4 Å². The lowest BCUT2D eigenvalue weighted by atomic mass is 10.0. The Morgan fingerprint density at radius 2 is 1.83 bits per heavy atom. The number of anilines is 1. The molecule has 2 heterocycles. The van der Waals surface area contributed by atoms with Crippen molar-refractivity contribution in [3.63, 3.8) is 0 Å². The van der Waals surface area contributed by atoms with E-state index in [4.69, 9.17) is 26.8 Å². The smallest absolute Gasteiger partial charge is 0.266 e. The van der Waals surface area contributed by atoms with Crippen LogP contribution in [0.1, 0.15) is 38.7 Å². The normalized spacial score (nSPS) is 16.6. The van der Waals surface area contributed by atoms with Gasteiger partial charge in [-0.25, -0.2) is 22.7 Å². The van der Waals surface area contributed by atoms with Crippen LogP contribution in [0.2, 0.25) is 5.15 Å². The van der Waals surface area contributed by atoms with Gasteiger partial charge in [-0.1, -0.05) is 54.1 Å². The van der Waals surface area contributed by atoms with Crippen LogP contribution in [-0.4, -0.2) is 43.4 Å². The van der Waals surface area contributed by atoms with Crippen LogP contribution in [0.4, 0.5) is 5.82 Å². The van der Waals surface area contributed by atoms with Crippen LogP contribution in [0, 0.1) is 0 Å². The van der Waals surface area contributed by atoms with Gasteiger partial charge in [0.25, 0.3) is 10.0 Å². The van der Waals surface area contributed by atoms with Crippen molar-refractivity contribution in [3.8, 4) is 11.1 Å². The molecule has 1 atom stereocenters. The summed E-state index contributed by atoms with van der Waals surface area (Å²) in [4.78, 5) is 8.74. The summed E-state index contributed by atoms with van der Waals surface area (Å²) in [6.07, 6.45) is 3.64. The Kier molecular flexibility index (Phi) is 8.27. The average molecular weight is 531 g/mol. The molecule has 2 N–H and O–H groups in total. The Balaban J connectivity index is 1.84. The van der Waals surface area contributed by atoms with E-state index in [1.165, 1.54) is 10.6 Å². The minimum absolute atomic E-state index is 0.0803. The molecule has 0 bridgehead atoms. The standard InChI is InChI=1S/C26H31ClN4O4S/c1-26(2,17-35-22-10-6-7-15-34-22)31(36(32,33)21-8-4-3-5-9-21)25-23(24(27)29-18-30-25)20-13-11-19(16-28)12-14-20/h3-5,8-9,11-14,18,22H,6-7,10,15-17,28H2,1-2H3. The molecule has 1 saturated heterocycles. The fourth-order valence-corrected chi connectivity index (χ4v) is 6.21. The van der Waals surface area contributed by atoms with Gasteiger partial charge >= 0.3 is 0 Å². The van der Waals surface area contributed by atoms with Crippen molar-refractivity contribution in [2.24, 2.45) is 5.73 Å². The van der Waals surface area contributed by atoms with E-state index in [1.54, 1.807) is 44.2 Å². The van der Waals surface area contributed by atoms with Gasteiger partial charge in [0.15, 0.2) is 12.1 Å². The molecule has 0 aliphatic carbocycles. The number of benzene rings is 2. The Morgan fingerprint density at radius 3 is 2.47 bits per heavy atom. The fourth-order valence-electron chi connectivity index (χ4n) is 4.19. The molecule has 8 nitrogen and oxygen atoms in total. The molecule has 0 amide bonds. The van der Waals surface area contributed by atoms with Gasteiger partial charge in [0, 0.05) is 13.2 Å². The van der Waals surface area contributed by atoms with Crippen molar-refractivity contribution in [2.45, 2.75) is 56.4 Å². The van der Waals surface area contributed by atoms with E-state index in [2.05, 4.69) is 9.97 Å². The third-order valence-electron chi connectivity index (χ3n) is 6.04. The second-order valence-corrected chi connectivity index (χ2v) is 11.4. The Bertz CT molecular complexity index is 1260. The maximum atomic E-state index is 14.1. The second-order valence-electron chi connectivity index (χ2n) is 9.27. The molecule has 1 fully saturated rings. The summed E-state index contributed by atoms with van der Waals surface area (Å²) < 4.78 is 41.4. The molecule has 1 unspecified atom stereocenters. The highest BCUT2D eigenvalue weighted by molar-refractivity contribution is 7.93. The Morgan fingerprint density at radius 1 is 1.11 bits per heavy atom. The quantitative estimate of drug-likeness (QED) is 0.397. The minimum Gasteiger partial charge on any atom is -0.353 e. The van der Waals surface area contributed by atoms with Crippen LogP contribution in [-0.2, 0) is 26.0 Å². The number of hydrogen-bond acceptors (Lipinski definition) is 7. The number of nitrogens with zero attached hydrogens (tertiary/aromatic N) is 3. The molecular formula is C26H31ClN4O4S. The predicted octanol–water partition coefficient (Wildman–Crippen LogP) is 4.77. The molecule has 10 heteroatoms. The fraction of sp³-hybridized carbons (Fsp3) is 0.385. The van der Waals surface area contributed by atoms with Crippen molar-refractivity contribution in [1.29, 1.82) is 0 Å². The van der Waals surface area contributed by atoms with E-state index >= 15 is 0 Å². The van der Waals surface area contributed by atoms with E-state index in [0.29, 0.717) is 24.3 Å². The molecule has 0 radical (unpaired) electrons. The maximum Gasteiger partial charge on any atom is 0.266 e. The number of sulfonamides is 1. The van der Waals surface area contributed by atoms with Gasteiger partial charge < -0.3 is 15.2 Å². The van der Waals surface area contributed by atoms with Gasteiger partial charge in [-0.2, -0.15) is 0 Å². The van der Waals surface area contributed by atoms with Crippen LogP contribution in [0.5, 0.6) is 0 Å². The molecule has 0 saturated carbocycles. The summed E-state index contributed by atoms with van der Waals surface area (Å²) in [6.45, 7) is 4.69. The Labute approximate surface area is 217 Å². The first-order chi connectivity index (χ1) is 17.2.